The molecule has 3 heteroatoms. The third kappa shape index (κ3) is 7.91. The predicted octanol–water partition coefficient (Wildman–Crippen LogP) is 3.13. The van der Waals surface area contributed by atoms with E-state index in [1.54, 1.807) is 0 Å². The second kappa shape index (κ2) is 7.88. The van der Waals surface area contributed by atoms with Crippen LogP contribution in [0.5, 0.6) is 0 Å². The highest BCUT2D eigenvalue weighted by molar-refractivity contribution is 7.80. The molecule has 0 bridgehead atoms. The van der Waals surface area contributed by atoms with Crippen LogP contribution in [0.15, 0.2) is 0 Å². The number of rotatable bonds is 6. The van der Waals surface area contributed by atoms with E-state index in [0.29, 0.717) is 17.8 Å². The molecule has 0 fully saturated rings. The fraction of sp³-hybridized carbons (Fsp3) is 0.923. The zero-order chi connectivity index (χ0) is 12.7. The van der Waals surface area contributed by atoms with Crippen molar-refractivity contribution < 1.29 is 0 Å². The van der Waals surface area contributed by atoms with E-state index in [0.717, 1.165) is 24.7 Å². The maximum atomic E-state index is 5.45. The Morgan fingerprint density at radius 3 is 1.69 bits per heavy atom. The first kappa shape index (κ1) is 15.7. The Morgan fingerprint density at radius 2 is 1.38 bits per heavy atom. The van der Waals surface area contributed by atoms with Gasteiger partial charge in [0.05, 0.1) is 0 Å². The van der Waals surface area contributed by atoms with E-state index in [9.17, 15) is 0 Å². The molecule has 0 aliphatic carbocycles. The first-order valence-corrected chi connectivity index (χ1v) is 6.76. The van der Waals surface area contributed by atoms with Gasteiger partial charge in [-0.05, 0) is 30.0 Å². The van der Waals surface area contributed by atoms with Crippen LogP contribution in [-0.4, -0.2) is 29.6 Å². The summed E-state index contributed by atoms with van der Waals surface area (Å²) in [4.78, 5) is 2.30. The summed E-state index contributed by atoms with van der Waals surface area (Å²) < 4.78 is 0. The molecule has 16 heavy (non-hydrogen) atoms. The predicted molar refractivity (Wildman–Crippen MR) is 76.7 cm³/mol. The average Bonchev–Trinajstić information content (AvgIpc) is 2.11. The Bertz CT molecular complexity index is 190. The number of nitrogens with zero attached hydrogens (tertiary/aromatic N) is 1. The van der Waals surface area contributed by atoms with Crippen LogP contribution in [0.4, 0.5) is 0 Å². The molecule has 0 atom stereocenters. The Morgan fingerprint density at radius 1 is 0.938 bits per heavy atom. The second-order valence-electron chi connectivity index (χ2n) is 5.77. The first-order valence-electron chi connectivity index (χ1n) is 6.35. The summed E-state index contributed by atoms with van der Waals surface area (Å²) in [6.45, 7) is 16.4. The van der Waals surface area contributed by atoms with E-state index in [1.807, 2.05) is 0 Å². The third-order valence-electron chi connectivity index (χ3n) is 2.12. The Hall–Kier alpha value is -0.310. The lowest BCUT2D eigenvalue weighted by atomic mass is 10.1. The molecule has 0 aromatic rings. The van der Waals surface area contributed by atoms with Crippen molar-refractivity contribution in [2.24, 2.45) is 17.8 Å². The van der Waals surface area contributed by atoms with Gasteiger partial charge in [0.1, 0.15) is 0 Å². The lowest BCUT2D eigenvalue weighted by Crippen LogP contribution is -2.44. The summed E-state index contributed by atoms with van der Waals surface area (Å²) >= 11 is 5.45. The fourth-order valence-electron chi connectivity index (χ4n) is 1.53. The average molecular weight is 244 g/mol. The van der Waals surface area contributed by atoms with Gasteiger partial charge in [-0.15, -0.1) is 0 Å². The van der Waals surface area contributed by atoms with E-state index < -0.39 is 0 Å². The minimum atomic E-state index is 0.637. The van der Waals surface area contributed by atoms with Crippen LogP contribution in [0, 0.1) is 17.8 Å². The molecule has 96 valence electrons. The van der Waals surface area contributed by atoms with Crippen LogP contribution >= 0.6 is 12.2 Å². The molecule has 0 aliphatic rings. The van der Waals surface area contributed by atoms with Gasteiger partial charge in [-0.1, -0.05) is 41.5 Å². The summed E-state index contributed by atoms with van der Waals surface area (Å²) in [6, 6.07) is 0. The molecule has 2 nitrogen and oxygen atoms in total. The second-order valence-corrected chi connectivity index (χ2v) is 6.16. The maximum absolute atomic E-state index is 5.45. The van der Waals surface area contributed by atoms with Crippen molar-refractivity contribution in [1.29, 1.82) is 0 Å². The van der Waals surface area contributed by atoms with Gasteiger partial charge >= 0.3 is 0 Å². The molecule has 0 aromatic carbocycles. The van der Waals surface area contributed by atoms with Crippen LogP contribution in [0.2, 0.25) is 0 Å². The van der Waals surface area contributed by atoms with Gasteiger partial charge in [-0.25, -0.2) is 0 Å². The molecule has 0 heterocycles. The summed E-state index contributed by atoms with van der Waals surface area (Å²) in [5.74, 6) is 1.94. The molecule has 0 aliphatic heterocycles. The van der Waals surface area contributed by atoms with Gasteiger partial charge in [0.2, 0.25) is 0 Å². The van der Waals surface area contributed by atoms with Crippen LogP contribution < -0.4 is 5.32 Å². The van der Waals surface area contributed by atoms with Gasteiger partial charge in [0, 0.05) is 19.6 Å². The summed E-state index contributed by atoms with van der Waals surface area (Å²) in [6.07, 6.45) is 0. The third-order valence-corrected chi connectivity index (χ3v) is 2.52. The number of nitrogens with one attached hydrogen (secondary N) is 1. The Labute approximate surface area is 107 Å². The van der Waals surface area contributed by atoms with Crippen molar-refractivity contribution in [3.05, 3.63) is 0 Å². The van der Waals surface area contributed by atoms with Crippen molar-refractivity contribution in [3.8, 4) is 0 Å². The molecule has 0 radical (unpaired) electrons. The normalized spacial score (nSPS) is 11.3. The van der Waals surface area contributed by atoms with Crippen molar-refractivity contribution in [1.82, 2.24) is 10.2 Å². The molecular weight excluding hydrogens is 216 g/mol. The smallest absolute Gasteiger partial charge is 0.168 e. The largest absolute Gasteiger partial charge is 0.362 e. The van der Waals surface area contributed by atoms with E-state index in [1.165, 1.54) is 0 Å². The number of hydrogen-bond donors (Lipinski definition) is 1. The molecule has 0 saturated carbocycles. The summed E-state index contributed by atoms with van der Waals surface area (Å²) in [7, 11) is 0. The molecule has 0 amide bonds. The minimum Gasteiger partial charge on any atom is -0.362 e. The van der Waals surface area contributed by atoms with Gasteiger partial charge < -0.3 is 10.2 Å². The monoisotopic (exact) mass is 244 g/mol. The summed E-state index contributed by atoms with van der Waals surface area (Å²) in [5, 5.41) is 4.26. The topological polar surface area (TPSA) is 15.3 Å². The fourth-order valence-corrected chi connectivity index (χ4v) is 1.76. The highest BCUT2D eigenvalue weighted by atomic mass is 32.1. The highest BCUT2D eigenvalue weighted by Crippen LogP contribution is 2.04. The van der Waals surface area contributed by atoms with Crippen molar-refractivity contribution in [2.75, 3.05) is 19.6 Å². The zero-order valence-corrected chi connectivity index (χ0v) is 12.5. The van der Waals surface area contributed by atoms with Crippen molar-refractivity contribution in [2.45, 2.75) is 41.5 Å². The zero-order valence-electron chi connectivity index (χ0n) is 11.7. The van der Waals surface area contributed by atoms with Crippen LogP contribution in [0.3, 0.4) is 0 Å². The minimum absolute atomic E-state index is 0.637. The van der Waals surface area contributed by atoms with Crippen molar-refractivity contribution in [3.63, 3.8) is 0 Å². The van der Waals surface area contributed by atoms with Gasteiger partial charge in [0.15, 0.2) is 5.11 Å². The van der Waals surface area contributed by atoms with E-state index >= 15 is 0 Å². The standard InChI is InChI=1S/C13H28N2S/c1-10(2)7-14-13(16)15(8-11(3)4)9-12(5)6/h10-12H,7-9H2,1-6H3,(H,14,16). The molecule has 0 spiro atoms. The SMILES string of the molecule is CC(C)CNC(=S)N(CC(C)C)CC(C)C. The van der Waals surface area contributed by atoms with E-state index in [4.69, 9.17) is 12.2 Å². The van der Waals surface area contributed by atoms with E-state index in [2.05, 4.69) is 51.8 Å². The Kier molecular flexibility index (Phi) is 7.73. The molecule has 0 saturated heterocycles. The lowest BCUT2D eigenvalue weighted by molar-refractivity contribution is 0.323. The van der Waals surface area contributed by atoms with Gasteiger partial charge in [-0.2, -0.15) is 0 Å². The van der Waals surface area contributed by atoms with Gasteiger partial charge in [-0.3, -0.25) is 0 Å². The van der Waals surface area contributed by atoms with Crippen LogP contribution in [0.25, 0.3) is 0 Å². The quantitative estimate of drug-likeness (QED) is 0.723. The molecule has 0 unspecified atom stereocenters. The Balaban J connectivity index is 4.20. The molecule has 0 rings (SSSR count). The lowest BCUT2D eigenvalue weighted by Gasteiger charge is -2.29. The van der Waals surface area contributed by atoms with Gasteiger partial charge in [0.25, 0.3) is 0 Å². The number of hydrogen-bond acceptors (Lipinski definition) is 1. The van der Waals surface area contributed by atoms with E-state index in [-0.39, 0.29) is 0 Å². The molecule has 0 aromatic heterocycles. The highest BCUT2D eigenvalue weighted by Gasteiger charge is 2.12. The number of thiocarbonyl (C=S) groups is 1. The van der Waals surface area contributed by atoms with Crippen LogP contribution in [-0.2, 0) is 0 Å². The molecular formula is C13H28N2S. The molecule has 1 N–H and O–H groups in total. The summed E-state index contributed by atoms with van der Waals surface area (Å²) in [5.41, 5.74) is 0. The van der Waals surface area contributed by atoms with Crippen molar-refractivity contribution >= 4 is 17.3 Å². The van der Waals surface area contributed by atoms with Crippen LogP contribution in [0.1, 0.15) is 41.5 Å². The first-order chi connectivity index (χ1) is 7.32. The maximum Gasteiger partial charge on any atom is 0.168 e.